The van der Waals surface area contributed by atoms with E-state index in [-0.39, 0.29) is 0 Å². The summed E-state index contributed by atoms with van der Waals surface area (Å²) in [4.78, 5) is 5.25. The van der Waals surface area contributed by atoms with Crippen molar-refractivity contribution in [3.63, 3.8) is 0 Å². The first-order chi connectivity index (χ1) is 4.88. The first kappa shape index (κ1) is 5.80. The molecule has 0 atom stereocenters. The molecule has 0 N–H and O–H groups in total. The maximum Gasteiger partial charge on any atom is 0.0874 e. The molecule has 2 aromatic heterocycles. The number of aromatic nitrogens is 2. The topological polar surface area (TPSA) is 25.8 Å². The monoisotopic (exact) mass is 150 g/mol. The van der Waals surface area contributed by atoms with Crippen molar-refractivity contribution in [2.24, 2.45) is 0 Å². The maximum absolute atomic E-state index is 4.22. The average Bonchev–Trinajstić information content (AvgIpc) is 2.34. The van der Waals surface area contributed by atoms with Crippen molar-refractivity contribution in [2.45, 2.75) is 6.92 Å². The Morgan fingerprint density at radius 1 is 1.50 bits per heavy atom. The first-order valence-electron chi connectivity index (χ1n) is 3.04. The third-order valence-corrected chi connectivity index (χ3v) is 2.24. The summed E-state index contributed by atoms with van der Waals surface area (Å²) in [6.45, 7) is 2.06. The summed E-state index contributed by atoms with van der Waals surface area (Å²) in [6, 6.07) is 1.93. The van der Waals surface area contributed by atoms with Gasteiger partial charge >= 0.3 is 0 Å². The Bertz CT molecular complexity index is 353. The number of aryl methyl sites for hydroxylation is 1. The third kappa shape index (κ3) is 0.708. The van der Waals surface area contributed by atoms with Gasteiger partial charge in [0.1, 0.15) is 0 Å². The molecule has 0 saturated heterocycles. The molecule has 2 heterocycles. The molecule has 0 bridgehead atoms. The minimum absolute atomic E-state index is 1.05. The maximum atomic E-state index is 4.22. The zero-order chi connectivity index (χ0) is 6.97. The van der Waals surface area contributed by atoms with Crippen LogP contribution in [0, 0.1) is 6.92 Å². The van der Waals surface area contributed by atoms with Crippen molar-refractivity contribution >= 4 is 22.4 Å². The van der Waals surface area contributed by atoms with E-state index in [4.69, 9.17) is 0 Å². The molecule has 3 heteroatoms. The minimum atomic E-state index is 1.05. The van der Waals surface area contributed by atoms with E-state index in [1.54, 1.807) is 6.20 Å². The molecule has 2 rings (SSSR count). The van der Waals surface area contributed by atoms with E-state index in [0.29, 0.717) is 0 Å². The van der Waals surface area contributed by atoms with Gasteiger partial charge in [0.05, 0.1) is 5.52 Å². The predicted molar refractivity (Wildman–Crippen MR) is 42.2 cm³/mol. The summed E-state index contributed by atoms with van der Waals surface area (Å²) in [7, 11) is 0. The van der Waals surface area contributed by atoms with Crippen LogP contribution in [0.5, 0.6) is 0 Å². The van der Waals surface area contributed by atoms with Crippen LogP contribution in [-0.4, -0.2) is 9.36 Å². The molecule has 0 amide bonds. The highest BCUT2D eigenvalue weighted by molar-refractivity contribution is 7.07. The van der Waals surface area contributed by atoms with Gasteiger partial charge < -0.3 is 0 Å². The van der Waals surface area contributed by atoms with Crippen LogP contribution in [0.4, 0.5) is 0 Å². The van der Waals surface area contributed by atoms with Gasteiger partial charge in [-0.25, -0.2) is 0 Å². The summed E-state index contributed by atoms with van der Waals surface area (Å²) in [6.07, 6.45) is 3.62. The molecule has 0 spiro atoms. The molecular formula is C7H6N2S. The summed E-state index contributed by atoms with van der Waals surface area (Å²) in [5.41, 5.74) is 1.05. The zero-order valence-electron chi connectivity index (χ0n) is 5.53. The molecule has 2 nitrogen and oxygen atoms in total. The van der Waals surface area contributed by atoms with E-state index in [1.807, 2.05) is 12.3 Å². The lowest BCUT2D eigenvalue weighted by molar-refractivity contribution is 1.36. The first-order valence-corrected chi connectivity index (χ1v) is 3.81. The van der Waals surface area contributed by atoms with Crippen molar-refractivity contribution in [1.29, 1.82) is 0 Å². The van der Waals surface area contributed by atoms with Gasteiger partial charge in [-0.1, -0.05) is 0 Å². The molecule has 0 saturated carbocycles. The lowest BCUT2D eigenvalue weighted by Crippen LogP contribution is -1.70. The third-order valence-electron chi connectivity index (χ3n) is 1.46. The highest BCUT2D eigenvalue weighted by Gasteiger charge is 1.98. The molecule has 0 radical (unpaired) electrons. The van der Waals surface area contributed by atoms with E-state index < -0.39 is 0 Å². The second kappa shape index (κ2) is 2.02. The fourth-order valence-electron chi connectivity index (χ4n) is 0.905. The van der Waals surface area contributed by atoms with Gasteiger partial charge in [-0.3, -0.25) is 4.98 Å². The lowest BCUT2D eigenvalue weighted by atomic mass is 10.3. The van der Waals surface area contributed by atoms with Crippen LogP contribution in [0.3, 0.4) is 0 Å². The molecule has 0 aliphatic heterocycles. The van der Waals surface area contributed by atoms with Gasteiger partial charge in [0.25, 0.3) is 0 Å². The zero-order valence-corrected chi connectivity index (χ0v) is 6.35. The number of pyridine rings is 1. The van der Waals surface area contributed by atoms with Gasteiger partial charge in [0.2, 0.25) is 0 Å². The quantitative estimate of drug-likeness (QED) is 0.574. The number of hydrogen-bond acceptors (Lipinski definition) is 3. The highest BCUT2D eigenvalue weighted by atomic mass is 32.1. The second-order valence-corrected chi connectivity index (χ2v) is 3.11. The van der Waals surface area contributed by atoms with Crippen molar-refractivity contribution in [3.8, 4) is 0 Å². The van der Waals surface area contributed by atoms with E-state index in [9.17, 15) is 0 Å². The van der Waals surface area contributed by atoms with Crippen LogP contribution < -0.4 is 0 Å². The fraction of sp³-hybridized carbons (Fsp3) is 0.143. The summed E-state index contributed by atoms with van der Waals surface area (Å²) in [5, 5.41) is 1.17. The van der Waals surface area contributed by atoms with E-state index in [2.05, 4.69) is 16.3 Å². The van der Waals surface area contributed by atoms with Gasteiger partial charge in [-0.15, -0.1) is 0 Å². The molecule has 0 aromatic carbocycles. The number of fused-ring (bicyclic) bond motifs is 1. The van der Waals surface area contributed by atoms with E-state index in [0.717, 1.165) is 5.52 Å². The van der Waals surface area contributed by atoms with Crippen LogP contribution in [0.15, 0.2) is 18.5 Å². The molecule has 0 aliphatic rings. The van der Waals surface area contributed by atoms with Gasteiger partial charge in [-0.2, -0.15) is 4.37 Å². The van der Waals surface area contributed by atoms with E-state index in [1.165, 1.54) is 21.8 Å². The molecular weight excluding hydrogens is 144 g/mol. The van der Waals surface area contributed by atoms with Crippen molar-refractivity contribution in [2.75, 3.05) is 0 Å². The Balaban J connectivity index is 2.93. The van der Waals surface area contributed by atoms with Crippen LogP contribution in [0.1, 0.15) is 4.88 Å². The van der Waals surface area contributed by atoms with Crippen molar-refractivity contribution in [1.82, 2.24) is 9.36 Å². The van der Waals surface area contributed by atoms with Crippen LogP contribution in [-0.2, 0) is 0 Å². The number of nitrogens with zero attached hydrogens (tertiary/aromatic N) is 2. The highest BCUT2D eigenvalue weighted by Crippen LogP contribution is 2.18. The van der Waals surface area contributed by atoms with Gasteiger partial charge in [0, 0.05) is 22.7 Å². The molecule has 50 valence electrons. The Morgan fingerprint density at radius 2 is 2.40 bits per heavy atom. The van der Waals surface area contributed by atoms with Crippen LogP contribution in [0.25, 0.3) is 10.9 Å². The normalized spacial score (nSPS) is 10.5. The lowest BCUT2D eigenvalue weighted by Gasteiger charge is -1.84. The summed E-state index contributed by atoms with van der Waals surface area (Å²) >= 11 is 1.53. The average molecular weight is 150 g/mol. The molecule has 0 aliphatic carbocycles. The van der Waals surface area contributed by atoms with Crippen molar-refractivity contribution in [3.05, 3.63) is 23.3 Å². The van der Waals surface area contributed by atoms with Crippen LogP contribution >= 0.6 is 11.5 Å². The SMILES string of the molecule is Cc1snc2ccncc12. The molecule has 0 fully saturated rings. The van der Waals surface area contributed by atoms with Crippen molar-refractivity contribution < 1.29 is 0 Å². The fourth-order valence-corrected chi connectivity index (χ4v) is 1.55. The number of hydrogen-bond donors (Lipinski definition) is 0. The van der Waals surface area contributed by atoms with Crippen LogP contribution in [0.2, 0.25) is 0 Å². The summed E-state index contributed by atoms with van der Waals surface area (Å²) < 4.78 is 4.22. The molecule has 10 heavy (non-hydrogen) atoms. The molecule has 2 aromatic rings. The Hall–Kier alpha value is -0.960. The van der Waals surface area contributed by atoms with Gasteiger partial charge in [0.15, 0.2) is 0 Å². The standard InChI is InChI=1S/C7H6N2S/c1-5-6-4-8-3-2-7(6)9-10-5/h2-4H,1H3. The number of rotatable bonds is 0. The smallest absolute Gasteiger partial charge is 0.0874 e. The minimum Gasteiger partial charge on any atom is -0.264 e. The Kier molecular flexibility index (Phi) is 1.17. The van der Waals surface area contributed by atoms with E-state index >= 15 is 0 Å². The van der Waals surface area contributed by atoms with Gasteiger partial charge in [-0.05, 0) is 24.5 Å². The largest absolute Gasteiger partial charge is 0.264 e. The Labute approximate surface area is 62.7 Å². The Morgan fingerprint density at radius 3 is 3.20 bits per heavy atom. The molecule has 0 unspecified atom stereocenters. The second-order valence-electron chi connectivity index (χ2n) is 2.13. The predicted octanol–water partition coefficient (Wildman–Crippen LogP) is 2.00. The summed E-state index contributed by atoms with van der Waals surface area (Å²) in [5.74, 6) is 0.